The number of nitrogens with zero attached hydrogens (tertiary/aromatic N) is 1. The van der Waals surface area contributed by atoms with Crippen LogP contribution in [0.4, 0.5) is 0 Å². The van der Waals surface area contributed by atoms with Gasteiger partial charge in [0.2, 0.25) is 0 Å². The Morgan fingerprint density at radius 1 is 1.04 bits per heavy atom. The zero-order valence-corrected chi connectivity index (χ0v) is 16.5. The van der Waals surface area contributed by atoms with E-state index in [0.29, 0.717) is 18.5 Å². The molecule has 0 spiro atoms. The topological polar surface area (TPSA) is 54.9 Å². The molecule has 0 fully saturated rings. The monoisotopic (exact) mass is 372 g/mol. The normalized spacial score (nSPS) is 12.5. The maximum atomic E-state index is 13.1. The summed E-state index contributed by atoms with van der Waals surface area (Å²) in [6.07, 6.45) is 1.15. The van der Waals surface area contributed by atoms with Crippen molar-refractivity contribution in [2.24, 2.45) is 13.0 Å². The smallest absolute Gasteiger partial charge is 0.182 e. The van der Waals surface area contributed by atoms with Crippen LogP contribution in [0.1, 0.15) is 46.8 Å². The number of para-hydroxylation sites is 1. The fraction of sp³-hybridized carbons (Fsp3) is 0.250. The molecule has 28 heavy (non-hydrogen) atoms. The van der Waals surface area contributed by atoms with E-state index in [0.717, 1.165) is 33.1 Å². The van der Waals surface area contributed by atoms with Crippen molar-refractivity contribution in [3.05, 3.63) is 71.5 Å². The van der Waals surface area contributed by atoms with Crippen molar-refractivity contribution in [3.8, 4) is 0 Å². The van der Waals surface area contributed by atoms with Gasteiger partial charge in [0.05, 0.1) is 11.4 Å². The number of ketones is 2. The van der Waals surface area contributed by atoms with Gasteiger partial charge in [-0.3, -0.25) is 9.59 Å². The molecule has 1 unspecified atom stereocenters. The lowest BCUT2D eigenvalue weighted by Crippen LogP contribution is -2.17. The van der Waals surface area contributed by atoms with Crippen molar-refractivity contribution in [1.82, 2.24) is 9.55 Å². The lowest BCUT2D eigenvalue weighted by atomic mass is 9.94. The van der Waals surface area contributed by atoms with Crippen LogP contribution >= 0.6 is 0 Å². The largest absolute Gasteiger partial charge is 0.352 e. The molecule has 0 radical (unpaired) electrons. The molecule has 0 saturated carbocycles. The van der Waals surface area contributed by atoms with E-state index in [4.69, 9.17) is 0 Å². The SMILES string of the molecule is CCC(=O)c1cc2cc(CC(C)C(=O)c3cc4ccccc4n3C)ccc2[nH]1. The van der Waals surface area contributed by atoms with Crippen LogP contribution in [0.15, 0.2) is 54.6 Å². The summed E-state index contributed by atoms with van der Waals surface area (Å²) in [5.41, 5.74) is 4.51. The highest BCUT2D eigenvalue weighted by Crippen LogP contribution is 2.24. The van der Waals surface area contributed by atoms with Crippen LogP contribution in [-0.2, 0) is 13.5 Å². The minimum Gasteiger partial charge on any atom is -0.352 e. The van der Waals surface area contributed by atoms with E-state index in [1.165, 1.54) is 0 Å². The summed E-state index contributed by atoms with van der Waals surface area (Å²) in [6, 6.07) is 18.0. The fourth-order valence-corrected chi connectivity index (χ4v) is 3.87. The molecule has 0 aliphatic heterocycles. The first-order valence-corrected chi connectivity index (χ1v) is 9.71. The van der Waals surface area contributed by atoms with Gasteiger partial charge in [-0.1, -0.05) is 38.1 Å². The van der Waals surface area contributed by atoms with Gasteiger partial charge in [0, 0.05) is 41.2 Å². The lowest BCUT2D eigenvalue weighted by Gasteiger charge is -2.12. The maximum absolute atomic E-state index is 13.1. The Morgan fingerprint density at radius 2 is 1.82 bits per heavy atom. The van der Waals surface area contributed by atoms with Crippen molar-refractivity contribution in [2.45, 2.75) is 26.7 Å². The van der Waals surface area contributed by atoms with E-state index in [-0.39, 0.29) is 17.5 Å². The molecule has 2 heterocycles. The molecule has 4 heteroatoms. The molecule has 4 rings (SSSR count). The number of aromatic nitrogens is 2. The van der Waals surface area contributed by atoms with Crippen LogP contribution in [0.3, 0.4) is 0 Å². The highest BCUT2D eigenvalue weighted by molar-refractivity contribution is 6.01. The molecule has 0 amide bonds. The maximum Gasteiger partial charge on any atom is 0.182 e. The summed E-state index contributed by atoms with van der Waals surface area (Å²) in [5, 5.41) is 2.10. The minimum atomic E-state index is -0.129. The van der Waals surface area contributed by atoms with Gasteiger partial charge in [0.25, 0.3) is 0 Å². The number of fused-ring (bicyclic) bond motifs is 2. The van der Waals surface area contributed by atoms with Gasteiger partial charge in [-0.15, -0.1) is 0 Å². The Morgan fingerprint density at radius 3 is 2.57 bits per heavy atom. The highest BCUT2D eigenvalue weighted by atomic mass is 16.1. The average Bonchev–Trinajstić information content (AvgIpc) is 3.28. The molecule has 1 atom stereocenters. The molecular weight excluding hydrogens is 348 g/mol. The van der Waals surface area contributed by atoms with Crippen LogP contribution in [0.2, 0.25) is 0 Å². The van der Waals surface area contributed by atoms with Crippen LogP contribution in [0, 0.1) is 5.92 Å². The first-order valence-electron chi connectivity index (χ1n) is 9.71. The summed E-state index contributed by atoms with van der Waals surface area (Å²) in [7, 11) is 1.94. The number of hydrogen-bond acceptors (Lipinski definition) is 2. The zero-order valence-electron chi connectivity index (χ0n) is 16.5. The zero-order chi connectivity index (χ0) is 19.8. The summed E-state index contributed by atoms with van der Waals surface area (Å²) < 4.78 is 1.98. The molecule has 4 aromatic rings. The Balaban J connectivity index is 1.58. The third-order valence-electron chi connectivity index (χ3n) is 5.50. The quantitative estimate of drug-likeness (QED) is 0.466. The fourth-order valence-electron chi connectivity index (χ4n) is 3.87. The number of aromatic amines is 1. The molecule has 0 bridgehead atoms. The molecule has 0 aliphatic carbocycles. The van der Waals surface area contributed by atoms with E-state index >= 15 is 0 Å². The first-order chi connectivity index (χ1) is 13.5. The number of carbonyl (C=O) groups excluding carboxylic acids is 2. The van der Waals surface area contributed by atoms with E-state index in [2.05, 4.69) is 11.1 Å². The summed E-state index contributed by atoms with van der Waals surface area (Å²) >= 11 is 0. The predicted molar refractivity (Wildman–Crippen MR) is 113 cm³/mol. The van der Waals surface area contributed by atoms with E-state index in [9.17, 15) is 9.59 Å². The number of aryl methyl sites for hydroxylation is 1. The van der Waals surface area contributed by atoms with Gasteiger partial charge in [0.1, 0.15) is 0 Å². The molecular formula is C24H24N2O2. The third kappa shape index (κ3) is 3.15. The molecule has 0 saturated heterocycles. The molecule has 4 nitrogen and oxygen atoms in total. The number of carbonyl (C=O) groups is 2. The Labute approximate surface area is 164 Å². The van der Waals surface area contributed by atoms with Gasteiger partial charge in [0.15, 0.2) is 11.6 Å². The number of benzene rings is 2. The first kappa shape index (κ1) is 18.2. The Hall–Kier alpha value is -3.14. The molecule has 142 valence electrons. The van der Waals surface area contributed by atoms with E-state index < -0.39 is 0 Å². The molecule has 2 aromatic carbocycles. The van der Waals surface area contributed by atoms with Crippen LogP contribution in [0.5, 0.6) is 0 Å². The average molecular weight is 372 g/mol. The van der Waals surface area contributed by atoms with Crippen molar-refractivity contribution in [2.75, 3.05) is 0 Å². The number of Topliss-reactive ketones (excluding diaryl/α,β-unsaturated/α-hetero) is 2. The van der Waals surface area contributed by atoms with Crippen molar-refractivity contribution < 1.29 is 9.59 Å². The van der Waals surface area contributed by atoms with Crippen molar-refractivity contribution in [1.29, 1.82) is 0 Å². The number of H-pyrrole nitrogens is 1. The summed E-state index contributed by atoms with van der Waals surface area (Å²) in [4.78, 5) is 28.2. The summed E-state index contributed by atoms with van der Waals surface area (Å²) in [6.45, 7) is 3.84. The van der Waals surface area contributed by atoms with Crippen LogP contribution < -0.4 is 0 Å². The van der Waals surface area contributed by atoms with Crippen molar-refractivity contribution in [3.63, 3.8) is 0 Å². The Kier molecular flexibility index (Phi) is 4.63. The van der Waals surface area contributed by atoms with Gasteiger partial charge in [-0.25, -0.2) is 0 Å². The van der Waals surface area contributed by atoms with E-state index in [1.54, 1.807) is 0 Å². The molecule has 2 aromatic heterocycles. The molecule has 0 aliphatic rings. The number of rotatable bonds is 6. The van der Waals surface area contributed by atoms with Crippen LogP contribution in [-0.4, -0.2) is 21.1 Å². The second-order valence-corrected chi connectivity index (χ2v) is 7.50. The van der Waals surface area contributed by atoms with Gasteiger partial charge in [-0.05, 0) is 42.3 Å². The second kappa shape index (κ2) is 7.12. The van der Waals surface area contributed by atoms with Crippen LogP contribution in [0.25, 0.3) is 21.8 Å². The predicted octanol–water partition coefficient (Wildman–Crippen LogP) is 5.31. The standard InChI is InChI=1S/C24H24N2O2/c1-4-23(27)20-13-18-12-16(9-10-19(18)25-20)11-15(2)24(28)22-14-17-7-5-6-8-21(17)26(22)3/h5-10,12-15,25H,4,11H2,1-3H3. The minimum absolute atomic E-state index is 0.108. The van der Waals surface area contributed by atoms with Crippen molar-refractivity contribution >= 4 is 33.4 Å². The van der Waals surface area contributed by atoms with E-state index in [1.807, 2.05) is 74.0 Å². The second-order valence-electron chi connectivity index (χ2n) is 7.50. The molecule has 1 N–H and O–H groups in total. The highest BCUT2D eigenvalue weighted by Gasteiger charge is 2.20. The van der Waals surface area contributed by atoms with Gasteiger partial charge < -0.3 is 9.55 Å². The summed E-state index contributed by atoms with van der Waals surface area (Å²) in [5.74, 6) is 0.128. The van der Waals surface area contributed by atoms with Gasteiger partial charge in [-0.2, -0.15) is 0 Å². The Bertz CT molecular complexity index is 1200. The number of hydrogen-bond donors (Lipinski definition) is 1. The van der Waals surface area contributed by atoms with Gasteiger partial charge >= 0.3 is 0 Å². The number of nitrogens with one attached hydrogen (secondary N) is 1. The lowest BCUT2D eigenvalue weighted by molar-refractivity contribution is 0.0920. The third-order valence-corrected chi connectivity index (χ3v) is 5.50.